The number of nitrogens with zero attached hydrogens (tertiary/aromatic N) is 4. The van der Waals surface area contributed by atoms with Gasteiger partial charge in [0, 0.05) is 65.8 Å². The minimum atomic E-state index is -0.739. The van der Waals surface area contributed by atoms with Gasteiger partial charge in [-0.3, -0.25) is 0 Å². The second kappa shape index (κ2) is 30.1. The van der Waals surface area contributed by atoms with Crippen LogP contribution in [0, 0.1) is 78.7 Å². The van der Waals surface area contributed by atoms with Crippen LogP contribution in [0.4, 0.5) is 17.6 Å². The highest BCUT2D eigenvalue weighted by Gasteiger charge is 2.38. The minimum Gasteiger partial charge on any atom is -0.309 e. The molecule has 4 aromatic heterocycles. The molecule has 24 aromatic rings. The van der Waals surface area contributed by atoms with Crippen molar-refractivity contribution in [3.8, 4) is 67.3 Å². The lowest BCUT2D eigenvalue weighted by molar-refractivity contribution is 0.590. The van der Waals surface area contributed by atoms with Gasteiger partial charge in [0.25, 0.3) is 0 Å². The Labute approximate surface area is 750 Å². The van der Waals surface area contributed by atoms with Crippen LogP contribution >= 0.6 is 0 Å². The summed E-state index contributed by atoms with van der Waals surface area (Å²) in [5.74, 6) is -2.96. The molecule has 0 bridgehead atoms. The Hall–Kier alpha value is -15.5. The average molecular weight is 1680 g/mol. The topological polar surface area (TPSA) is 19.7 Å². The van der Waals surface area contributed by atoms with Crippen LogP contribution in [0.1, 0.15) is 44.5 Å². The van der Waals surface area contributed by atoms with Crippen molar-refractivity contribution in [3.63, 3.8) is 0 Å². The number of hydrogen-bond donors (Lipinski definition) is 0. The van der Waals surface area contributed by atoms with Crippen molar-refractivity contribution in [2.75, 3.05) is 0 Å². The molecule has 618 valence electrons. The molecule has 0 spiro atoms. The van der Waals surface area contributed by atoms with E-state index in [2.05, 4.69) is 353 Å². The van der Waals surface area contributed by atoms with E-state index in [4.69, 9.17) is 0 Å². The van der Waals surface area contributed by atoms with E-state index in [-0.39, 0.29) is 11.1 Å². The molecule has 0 N–H and O–H groups in total. The van der Waals surface area contributed by atoms with Gasteiger partial charge >= 0.3 is 0 Å². The highest BCUT2D eigenvalue weighted by molar-refractivity contribution is 6.99. The molecule has 0 saturated carbocycles. The van der Waals surface area contributed by atoms with Crippen molar-refractivity contribution < 1.29 is 17.6 Å². The number of aryl methyl sites for hydroxylation is 8. The summed E-state index contributed by atoms with van der Waals surface area (Å²) in [7, 11) is 0. The molecular weight excluding hydrogens is 1590 g/mol. The number of hydrogen-bond acceptors (Lipinski definition) is 0. The van der Waals surface area contributed by atoms with Gasteiger partial charge in [-0.2, -0.15) is 0 Å². The molecule has 0 unspecified atom stereocenters. The van der Waals surface area contributed by atoms with Gasteiger partial charge in [-0.1, -0.05) is 320 Å². The smallest absolute Gasteiger partial charge is 0.243 e. The third kappa shape index (κ3) is 11.9. The monoisotopic (exact) mass is 1680 g/mol. The normalized spacial score (nSPS) is 12.0. The predicted molar refractivity (Wildman–Crippen MR) is 542 cm³/mol. The fourth-order valence-electron chi connectivity index (χ4n) is 23.1. The number of halogens is 4. The van der Waals surface area contributed by atoms with Crippen molar-refractivity contribution in [3.05, 3.63) is 432 Å². The molecule has 0 aliphatic heterocycles. The molecule has 20 aromatic carbocycles. The SMILES string of the molecule is Cc1cc(-n2c3ccccc3c3ccccc32)cc(C)c1B(c1c(C)cc(-n2c3ccccc3c3ccccc32)cc1C)c1cc(-c2c(F)cc(-c3ccccc3)cc2F)c2ccc3c(B(c4c(C)cc(-n5c6ccccc6c6ccccc65)cc4C)c4c(C)cc(-n5c6ccccc6c6ccccc65)cc4C)cc(-c4c(F)cc(-c5ccccc5)cc4F)c4ccc1c2c34. The molecule has 0 atom stereocenters. The molecular formula is C120H84B2F4N4. The number of para-hydroxylation sites is 8. The number of aromatic nitrogens is 4. The van der Waals surface area contributed by atoms with Crippen LogP contribution in [-0.2, 0) is 0 Å². The zero-order valence-electron chi connectivity index (χ0n) is 73.1. The van der Waals surface area contributed by atoms with Crippen LogP contribution in [0.3, 0.4) is 0 Å². The van der Waals surface area contributed by atoms with E-state index in [0.29, 0.717) is 54.9 Å². The Bertz CT molecular complexity index is 7710. The lowest BCUT2D eigenvalue weighted by atomic mass is 9.33. The van der Waals surface area contributed by atoms with E-state index < -0.39 is 36.7 Å². The Kier molecular flexibility index (Phi) is 18.1. The van der Waals surface area contributed by atoms with Crippen molar-refractivity contribution in [1.82, 2.24) is 18.3 Å². The number of rotatable bonds is 14. The Balaban J connectivity index is 0.842. The van der Waals surface area contributed by atoms with Crippen molar-refractivity contribution in [2.24, 2.45) is 0 Å². The van der Waals surface area contributed by atoms with Gasteiger partial charge in [0.1, 0.15) is 23.3 Å². The average Bonchev–Trinajstić information content (AvgIpc) is 1.38. The number of benzene rings is 20. The van der Waals surface area contributed by atoms with Crippen LogP contribution in [0.2, 0.25) is 0 Å². The van der Waals surface area contributed by atoms with E-state index in [1.54, 1.807) is 0 Å². The summed E-state index contributed by atoms with van der Waals surface area (Å²) in [5.41, 5.74) is 28.7. The van der Waals surface area contributed by atoms with Crippen LogP contribution in [0.25, 0.3) is 187 Å². The van der Waals surface area contributed by atoms with Gasteiger partial charge < -0.3 is 18.3 Å². The fourth-order valence-corrected chi connectivity index (χ4v) is 23.1. The first kappa shape index (κ1) is 78.0. The lowest BCUT2D eigenvalue weighted by Crippen LogP contribution is -2.56. The molecule has 0 radical (unpaired) electrons. The highest BCUT2D eigenvalue weighted by Crippen LogP contribution is 2.47. The molecule has 0 saturated heterocycles. The maximum absolute atomic E-state index is 19.0. The third-order valence-corrected chi connectivity index (χ3v) is 28.2. The molecule has 0 aliphatic carbocycles. The molecule has 0 aliphatic rings. The van der Waals surface area contributed by atoms with Gasteiger partial charge in [-0.25, -0.2) is 17.6 Å². The zero-order chi connectivity index (χ0) is 87.9. The fraction of sp³-hybridized carbons (Fsp3) is 0.0667. The summed E-state index contributed by atoms with van der Waals surface area (Å²) in [4.78, 5) is 0. The van der Waals surface area contributed by atoms with Crippen LogP contribution < -0.4 is 32.8 Å². The van der Waals surface area contributed by atoms with Gasteiger partial charge in [-0.05, 0) is 242 Å². The van der Waals surface area contributed by atoms with Crippen LogP contribution in [0.5, 0.6) is 0 Å². The van der Waals surface area contributed by atoms with Crippen molar-refractivity contribution in [1.29, 1.82) is 0 Å². The number of fused-ring (bicyclic) bond motifs is 12. The molecule has 0 fully saturated rings. The summed E-state index contributed by atoms with van der Waals surface area (Å²) in [6, 6.07) is 124. The first-order valence-corrected chi connectivity index (χ1v) is 44.8. The van der Waals surface area contributed by atoms with E-state index in [1.165, 1.54) is 24.3 Å². The first-order chi connectivity index (χ1) is 63.5. The van der Waals surface area contributed by atoms with Crippen molar-refractivity contribution >= 4 is 166 Å². The van der Waals surface area contributed by atoms with Crippen LogP contribution in [-0.4, -0.2) is 31.7 Å². The third-order valence-electron chi connectivity index (χ3n) is 28.2. The summed E-state index contributed by atoms with van der Waals surface area (Å²) >= 11 is 0. The largest absolute Gasteiger partial charge is 0.309 e. The quantitative estimate of drug-likeness (QED) is 0.0587. The predicted octanol–water partition coefficient (Wildman–Crippen LogP) is 27.7. The summed E-state index contributed by atoms with van der Waals surface area (Å²) in [6.45, 7) is 16.4. The highest BCUT2D eigenvalue weighted by atomic mass is 19.1. The summed E-state index contributed by atoms with van der Waals surface area (Å²) in [5, 5.41) is 13.3. The van der Waals surface area contributed by atoms with E-state index in [0.717, 1.165) is 198 Å². The molecule has 0 amide bonds. The standard InChI is InChI=1S/C120H84B2F4N4/c1-69-55-81(127-105-43-23-15-35-85(105)86-36-16-24-44-106(86)127)56-70(2)117(69)121(118-71(3)57-82(58-72(118)4)128-107-45-25-17-37-87(107)88-38-18-26-46-108(88)128)99-67-97(115-101(123)63-79(64-102(115)124)77-31-11-9-12-32-77)93-52-54-96-100(68-98(94-51-53-95(99)113(93)114(94)96)116-103(125)65-80(66-104(116)126)78-33-13-10-14-34-78)122(119-73(5)59-83(60-74(119)6)129-109-47-27-19-39-89(109)90-40-20-28-48-110(90)129)120-75(7)61-84(62-76(120)8)130-111-49-29-21-41-91(111)92-42-22-30-50-112(92)130/h9-68H,1-8H3. The Morgan fingerprint density at radius 1 is 0.185 bits per heavy atom. The molecule has 24 rings (SSSR count). The maximum Gasteiger partial charge on any atom is 0.243 e. The summed E-state index contributed by atoms with van der Waals surface area (Å²) in [6.07, 6.45) is 0. The van der Waals surface area contributed by atoms with Gasteiger partial charge in [0.2, 0.25) is 13.4 Å². The maximum atomic E-state index is 19.0. The minimum absolute atomic E-state index is 0.195. The van der Waals surface area contributed by atoms with Gasteiger partial charge in [0.15, 0.2) is 0 Å². The van der Waals surface area contributed by atoms with Gasteiger partial charge in [-0.15, -0.1) is 0 Å². The molecule has 4 heterocycles. The van der Waals surface area contributed by atoms with Crippen molar-refractivity contribution in [2.45, 2.75) is 55.4 Å². The molecule has 4 nitrogen and oxygen atoms in total. The van der Waals surface area contributed by atoms with E-state index >= 15 is 17.6 Å². The first-order valence-electron chi connectivity index (χ1n) is 44.8. The van der Waals surface area contributed by atoms with E-state index in [9.17, 15) is 0 Å². The molecule has 130 heavy (non-hydrogen) atoms. The lowest BCUT2D eigenvalue weighted by Gasteiger charge is -2.30. The Morgan fingerprint density at radius 3 is 0.592 bits per heavy atom. The van der Waals surface area contributed by atoms with Gasteiger partial charge in [0.05, 0.1) is 55.3 Å². The molecule has 10 heteroatoms. The van der Waals surface area contributed by atoms with E-state index in [1.807, 2.05) is 60.7 Å². The second-order valence-electron chi connectivity index (χ2n) is 35.8. The summed E-state index contributed by atoms with van der Waals surface area (Å²) < 4.78 is 85.4. The zero-order valence-corrected chi connectivity index (χ0v) is 73.1. The van der Waals surface area contributed by atoms with Crippen LogP contribution in [0.15, 0.2) is 364 Å². The second-order valence-corrected chi connectivity index (χ2v) is 35.8. The Morgan fingerprint density at radius 2 is 0.377 bits per heavy atom.